The highest BCUT2D eigenvalue weighted by Crippen LogP contribution is 2.43. The Labute approximate surface area is 415 Å². The van der Waals surface area contributed by atoms with Crippen LogP contribution in [0, 0.1) is 0 Å². The number of aliphatic hydroxyl groups is 1. The lowest BCUT2D eigenvalue weighted by molar-refractivity contribution is -0.161. The van der Waals surface area contributed by atoms with Crippen molar-refractivity contribution in [2.75, 3.05) is 26.4 Å². The number of hydrogen-bond donors (Lipinski definition) is 2. The summed E-state index contributed by atoms with van der Waals surface area (Å²) in [6.45, 7) is 4.44. The maximum atomic E-state index is 12.9. The number of carbonyl (C=O) groups is 3. The number of aliphatic hydroxyl groups excluding tert-OH is 1. The minimum Gasteiger partial charge on any atom is -0.462 e. The number of ether oxygens (including phenoxy) is 3. The van der Waals surface area contributed by atoms with E-state index in [1.54, 1.807) is 0 Å². The van der Waals surface area contributed by atoms with E-state index in [1.165, 1.54) is 89.9 Å². The molecule has 11 nitrogen and oxygen atoms in total. The summed E-state index contributed by atoms with van der Waals surface area (Å²) in [5.74, 6) is -1.50. The van der Waals surface area contributed by atoms with Crippen molar-refractivity contribution < 1.29 is 52.2 Å². The zero-order valence-corrected chi connectivity index (χ0v) is 44.2. The molecule has 0 saturated heterocycles. The number of hydrogen-bond acceptors (Lipinski definition) is 10. The predicted octanol–water partition coefficient (Wildman–Crippen LogP) is 15.6. The van der Waals surface area contributed by atoms with Gasteiger partial charge in [-0.05, 0) is 83.5 Å². The fourth-order valence-corrected chi connectivity index (χ4v) is 8.07. The standard InChI is InChI=1S/C56H99O11P/c1-4-7-10-13-16-19-21-23-24-25-26-27-28-30-32-35-38-41-44-47-56(60)67-53(49-63-54(58)45-42-39-36-34-31-29-22-20-17-14-11-8-5-2)51-65-68(61,62)64-50-52(48-57)66-55(59)46-43-40-37-33-18-15-12-9-6-3/h8,11,16-17,19-20,23-24,29,31,52-53,57H,4-7,9-10,12-15,18,21-22,25-28,30,32-51H2,1-3H3,(H,61,62)/b11-8-,19-16-,20-17-,24-23-,31-29-. The van der Waals surface area contributed by atoms with E-state index in [0.29, 0.717) is 19.3 Å². The largest absolute Gasteiger partial charge is 0.472 e. The Morgan fingerprint density at radius 3 is 1.22 bits per heavy atom. The molecular formula is C56H99O11P. The van der Waals surface area contributed by atoms with Crippen molar-refractivity contribution in [1.82, 2.24) is 0 Å². The third kappa shape index (κ3) is 48.2. The lowest BCUT2D eigenvalue weighted by Gasteiger charge is -2.21. The maximum Gasteiger partial charge on any atom is 0.472 e. The molecule has 68 heavy (non-hydrogen) atoms. The number of allylic oxidation sites excluding steroid dienone is 10. The molecule has 0 aliphatic heterocycles. The van der Waals surface area contributed by atoms with Gasteiger partial charge in [-0.1, -0.05) is 197 Å². The van der Waals surface area contributed by atoms with E-state index in [9.17, 15) is 28.9 Å². The molecule has 0 aromatic heterocycles. The van der Waals surface area contributed by atoms with Gasteiger partial charge < -0.3 is 24.2 Å². The van der Waals surface area contributed by atoms with Gasteiger partial charge in [-0.3, -0.25) is 23.4 Å². The topological polar surface area (TPSA) is 155 Å². The van der Waals surface area contributed by atoms with Crippen LogP contribution in [0.1, 0.15) is 239 Å². The van der Waals surface area contributed by atoms with Crippen LogP contribution in [0.25, 0.3) is 0 Å². The van der Waals surface area contributed by atoms with E-state index in [1.807, 2.05) is 0 Å². The fourth-order valence-electron chi connectivity index (χ4n) is 7.28. The first-order chi connectivity index (χ1) is 33.2. The Morgan fingerprint density at radius 2 is 0.765 bits per heavy atom. The fraction of sp³-hybridized carbons (Fsp3) is 0.768. The van der Waals surface area contributed by atoms with Gasteiger partial charge in [-0.25, -0.2) is 4.57 Å². The van der Waals surface area contributed by atoms with Crippen LogP contribution in [-0.4, -0.2) is 66.5 Å². The highest BCUT2D eigenvalue weighted by atomic mass is 31.2. The van der Waals surface area contributed by atoms with Gasteiger partial charge in [0.2, 0.25) is 0 Å². The van der Waals surface area contributed by atoms with E-state index < -0.39 is 57.8 Å². The Morgan fingerprint density at radius 1 is 0.426 bits per heavy atom. The van der Waals surface area contributed by atoms with Crippen LogP contribution in [0.2, 0.25) is 0 Å². The molecule has 0 aliphatic carbocycles. The number of esters is 3. The summed E-state index contributed by atoms with van der Waals surface area (Å²) in [6.07, 6.45) is 53.4. The number of rotatable bonds is 50. The summed E-state index contributed by atoms with van der Waals surface area (Å²) in [4.78, 5) is 48.3. The zero-order chi connectivity index (χ0) is 49.9. The Balaban J connectivity index is 4.74. The van der Waals surface area contributed by atoms with Crippen molar-refractivity contribution in [2.45, 2.75) is 251 Å². The van der Waals surface area contributed by atoms with Gasteiger partial charge in [0, 0.05) is 19.3 Å². The van der Waals surface area contributed by atoms with Crippen molar-refractivity contribution in [1.29, 1.82) is 0 Å². The average Bonchev–Trinajstić information content (AvgIpc) is 3.32. The molecule has 0 aliphatic rings. The van der Waals surface area contributed by atoms with E-state index in [4.69, 9.17) is 23.3 Å². The lowest BCUT2D eigenvalue weighted by Crippen LogP contribution is -2.30. The molecular weight excluding hydrogens is 880 g/mol. The Hall–Kier alpha value is -2.82. The summed E-state index contributed by atoms with van der Waals surface area (Å²) < 4.78 is 39.3. The second-order valence-corrected chi connectivity index (χ2v) is 19.5. The number of unbranched alkanes of at least 4 members (excludes halogenated alkanes) is 23. The summed E-state index contributed by atoms with van der Waals surface area (Å²) in [6, 6.07) is 0. The highest BCUT2D eigenvalue weighted by molar-refractivity contribution is 7.47. The van der Waals surface area contributed by atoms with Gasteiger partial charge >= 0.3 is 25.7 Å². The molecule has 394 valence electrons. The van der Waals surface area contributed by atoms with Gasteiger partial charge in [0.15, 0.2) is 6.10 Å². The molecule has 3 unspecified atom stereocenters. The van der Waals surface area contributed by atoms with Crippen molar-refractivity contribution in [3.63, 3.8) is 0 Å². The van der Waals surface area contributed by atoms with Crippen LogP contribution in [-0.2, 0) is 42.2 Å². The van der Waals surface area contributed by atoms with Crippen LogP contribution >= 0.6 is 7.82 Å². The minimum absolute atomic E-state index is 0.156. The lowest BCUT2D eigenvalue weighted by atomic mass is 10.1. The van der Waals surface area contributed by atoms with Gasteiger partial charge in [0.05, 0.1) is 19.8 Å². The average molecular weight is 979 g/mol. The van der Waals surface area contributed by atoms with E-state index in [2.05, 4.69) is 81.5 Å². The molecule has 0 aromatic rings. The first kappa shape index (κ1) is 65.2. The van der Waals surface area contributed by atoms with Gasteiger partial charge in [-0.15, -0.1) is 0 Å². The minimum atomic E-state index is -4.74. The predicted molar refractivity (Wildman–Crippen MR) is 279 cm³/mol. The van der Waals surface area contributed by atoms with Crippen molar-refractivity contribution in [3.05, 3.63) is 60.8 Å². The molecule has 0 rings (SSSR count). The summed E-state index contributed by atoms with van der Waals surface area (Å²) in [7, 11) is -4.74. The first-order valence-electron chi connectivity index (χ1n) is 27.2. The molecule has 12 heteroatoms. The monoisotopic (exact) mass is 979 g/mol. The SMILES string of the molecule is CC/C=C\C/C=C\C/C=C\CCCCCC(=O)OCC(COP(=O)(O)OCC(CO)OC(=O)CCCCCCCCCCC)OC(=O)CCCCCCCCCCC/C=C\C/C=C\CCCCC. The number of carbonyl (C=O) groups excluding carboxylic acids is 3. The van der Waals surface area contributed by atoms with E-state index >= 15 is 0 Å². The Kier molecular flexibility index (Phi) is 48.5. The first-order valence-corrected chi connectivity index (χ1v) is 28.7. The van der Waals surface area contributed by atoms with Crippen LogP contribution < -0.4 is 0 Å². The van der Waals surface area contributed by atoms with Gasteiger partial charge in [0.1, 0.15) is 12.7 Å². The summed E-state index contributed by atoms with van der Waals surface area (Å²) in [5, 5.41) is 9.75. The summed E-state index contributed by atoms with van der Waals surface area (Å²) in [5.41, 5.74) is 0. The normalized spacial score (nSPS) is 13.9. The second-order valence-electron chi connectivity index (χ2n) is 18.0. The van der Waals surface area contributed by atoms with Gasteiger partial charge in [-0.2, -0.15) is 0 Å². The molecule has 2 N–H and O–H groups in total. The van der Waals surface area contributed by atoms with Crippen molar-refractivity contribution >= 4 is 25.7 Å². The number of phosphoric ester groups is 1. The van der Waals surface area contributed by atoms with Crippen LogP contribution in [0.15, 0.2) is 60.8 Å². The third-order valence-electron chi connectivity index (χ3n) is 11.4. The molecule has 3 atom stereocenters. The van der Waals surface area contributed by atoms with Crippen LogP contribution in [0.3, 0.4) is 0 Å². The van der Waals surface area contributed by atoms with E-state index in [0.717, 1.165) is 89.9 Å². The molecule has 0 spiro atoms. The zero-order valence-electron chi connectivity index (χ0n) is 43.3. The molecule has 0 aromatic carbocycles. The van der Waals surface area contributed by atoms with Crippen molar-refractivity contribution in [3.8, 4) is 0 Å². The Bertz CT molecular complexity index is 1370. The molecule has 0 saturated carbocycles. The molecule has 0 radical (unpaired) electrons. The van der Waals surface area contributed by atoms with Crippen LogP contribution in [0.5, 0.6) is 0 Å². The molecule has 0 bridgehead atoms. The molecule has 0 fully saturated rings. The smallest absolute Gasteiger partial charge is 0.462 e. The van der Waals surface area contributed by atoms with Crippen LogP contribution in [0.4, 0.5) is 0 Å². The molecule has 0 amide bonds. The highest BCUT2D eigenvalue weighted by Gasteiger charge is 2.28. The number of phosphoric acid groups is 1. The molecule has 0 heterocycles. The van der Waals surface area contributed by atoms with E-state index in [-0.39, 0.29) is 25.9 Å². The van der Waals surface area contributed by atoms with Crippen molar-refractivity contribution in [2.24, 2.45) is 0 Å². The quantitative estimate of drug-likeness (QED) is 0.0197. The maximum absolute atomic E-state index is 12.9. The summed E-state index contributed by atoms with van der Waals surface area (Å²) >= 11 is 0. The second kappa shape index (κ2) is 50.6. The third-order valence-corrected chi connectivity index (χ3v) is 12.4. The van der Waals surface area contributed by atoms with Gasteiger partial charge in [0.25, 0.3) is 0 Å².